The Morgan fingerprint density at radius 2 is 1.68 bits per heavy atom. The minimum absolute atomic E-state index is 0.00300. The first-order valence-corrected chi connectivity index (χ1v) is 13.2. The molecule has 5 nitrogen and oxygen atoms in total. The van der Waals surface area contributed by atoms with Gasteiger partial charge >= 0.3 is 0 Å². The molecule has 3 aliphatic heterocycles. The van der Waals surface area contributed by atoms with Crippen LogP contribution in [0.5, 0.6) is 0 Å². The molecule has 1 aromatic carbocycles. The zero-order valence-electron chi connectivity index (χ0n) is 19.4. The second-order valence-electron chi connectivity index (χ2n) is 9.65. The van der Waals surface area contributed by atoms with E-state index in [1.165, 1.54) is 0 Å². The molecule has 0 radical (unpaired) electrons. The van der Waals surface area contributed by atoms with Gasteiger partial charge < -0.3 is 9.80 Å². The van der Waals surface area contributed by atoms with Crippen LogP contribution in [0.4, 0.5) is 0 Å². The number of hydrogen-bond donors (Lipinski definition) is 0. The van der Waals surface area contributed by atoms with Crippen molar-refractivity contribution in [1.29, 1.82) is 0 Å². The van der Waals surface area contributed by atoms with E-state index < -0.39 is 5.50 Å². The highest BCUT2D eigenvalue weighted by Gasteiger charge is 2.48. The number of piperidine rings is 2. The van der Waals surface area contributed by atoms with Gasteiger partial charge in [0.15, 0.2) is 0 Å². The number of alkyl halides is 1. The van der Waals surface area contributed by atoms with E-state index in [2.05, 4.69) is 13.2 Å². The van der Waals surface area contributed by atoms with E-state index in [0.717, 1.165) is 12.0 Å². The smallest absolute Gasteiger partial charge is 0.225 e. The van der Waals surface area contributed by atoms with E-state index in [-0.39, 0.29) is 29.7 Å². The van der Waals surface area contributed by atoms with E-state index in [1.807, 2.05) is 40.2 Å². The summed E-state index contributed by atoms with van der Waals surface area (Å²) in [6.07, 6.45) is 8.06. The molecular weight excluding hydrogens is 516 g/mol. The quantitative estimate of drug-likeness (QED) is 0.282. The molecule has 3 heterocycles. The highest BCUT2D eigenvalue weighted by Crippen LogP contribution is 2.42. The Hall–Kier alpha value is -1.24. The predicted octanol–water partition coefficient (Wildman–Crippen LogP) is 5.60. The lowest BCUT2D eigenvalue weighted by atomic mass is 9.82. The SMILES string of the molecule is CC(=O)N1CCC(C(=O)N2CC[C@@H]([N+]3(C)C=CC=C(Cl)C3Cl)[C@H](c3ccc(Cl)c(Cl)c3)C2)CC1. The fourth-order valence-electron chi connectivity index (χ4n) is 5.60. The number of allylic oxidation sites excluding steroid dienone is 2. The minimum atomic E-state index is -0.403. The van der Waals surface area contributed by atoms with Crippen molar-refractivity contribution in [1.82, 2.24) is 9.80 Å². The number of benzene rings is 1. The van der Waals surface area contributed by atoms with Gasteiger partial charge in [-0.3, -0.25) is 14.1 Å². The third kappa shape index (κ3) is 5.01. The van der Waals surface area contributed by atoms with Crippen molar-refractivity contribution in [2.45, 2.75) is 43.6 Å². The molecule has 9 heteroatoms. The van der Waals surface area contributed by atoms with E-state index in [1.54, 1.807) is 6.92 Å². The topological polar surface area (TPSA) is 40.6 Å². The zero-order chi connectivity index (χ0) is 24.6. The second-order valence-corrected chi connectivity index (χ2v) is 11.3. The number of quaternary nitrogens is 1. The summed E-state index contributed by atoms with van der Waals surface area (Å²) in [6.45, 7) is 4.08. The summed E-state index contributed by atoms with van der Waals surface area (Å²) in [6, 6.07) is 5.81. The van der Waals surface area contributed by atoms with Crippen molar-refractivity contribution in [2.24, 2.45) is 5.92 Å². The van der Waals surface area contributed by atoms with Gasteiger partial charge in [0.1, 0.15) is 6.04 Å². The largest absolute Gasteiger partial charge is 0.343 e. The minimum Gasteiger partial charge on any atom is -0.343 e. The molecular formula is C25H30Cl4N3O2+. The van der Waals surface area contributed by atoms with Gasteiger partial charge in [-0.2, -0.15) is 0 Å². The molecule has 0 aromatic heterocycles. The number of amides is 2. The lowest BCUT2D eigenvalue weighted by Gasteiger charge is -2.50. The van der Waals surface area contributed by atoms with E-state index in [9.17, 15) is 9.59 Å². The lowest BCUT2D eigenvalue weighted by molar-refractivity contribution is -0.895. The molecule has 0 aliphatic carbocycles. The molecule has 1 aromatic rings. The molecule has 4 rings (SSSR count). The number of carbonyl (C=O) groups is 2. The Labute approximate surface area is 221 Å². The van der Waals surface area contributed by atoms with Crippen LogP contribution >= 0.6 is 46.4 Å². The van der Waals surface area contributed by atoms with Crippen LogP contribution in [-0.2, 0) is 9.59 Å². The number of rotatable bonds is 3. The Morgan fingerprint density at radius 3 is 2.32 bits per heavy atom. The third-order valence-corrected chi connectivity index (χ3v) is 9.48. The summed E-state index contributed by atoms with van der Waals surface area (Å²) in [5.41, 5.74) is 0.630. The predicted molar refractivity (Wildman–Crippen MR) is 138 cm³/mol. The van der Waals surface area contributed by atoms with Gasteiger partial charge in [-0.15, -0.1) is 0 Å². The number of carbonyl (C=O) groups excluding carboxylic acids is 2. The van der Waals surface area contributed by atoms with E-state index in [4.69, 9.17) is 46.4 Å². The van der Waals surface area contributed by atoms with Crippen molar-refractivity contribution in [3.8, 4) is 0 Å². The fraction of sp³-hybridized carbons (Fsp3) is 0.520. The first-order chi connectivity index (χ1) is 16.1. The number of hydrogen-bond acceptors (Lipinski definition) is 2. The fourth-order valence-corrected chi connectivity index (χ4v) is 6.47. The molecule has 0 saturated carbocycles. The van der Waals surface area contributed by atoms with Gasteiger partial charge in [-0.1, -0.05) is 52.5 Å². The average Bonchev–Trinajstić information content (AvgIpc) is 2.83. The van der Waals surface area contributed by atoms with E-state index >= 15 is 0 Å². The summed E-state index contributed by atoms with van der Waals surface area (Å²) in [4.78, 5) is 29.0. The normalized spacial score (nSPS) is 30.3. The molecule has 184 valence electrons. The lowest BCUT2D eigenvalue weighted by Crippen LogP contribution is -2.61. The van der Waals surface area contributed by atoms with Gasteiger partial charge in [-0.05, 0) is 42.7 Å². The van der Waals surface area contributed by atoms with Crippen molar-refractivity contribution in [3.05, 3.63) is 57.2 Å². The maximum Gasteiger partial charge on any atom is 0.225 e. The molecule has 2 fully saturated rings. The zero-order valence-corrected chi connectivity index (χ0v) is 22.4. The molecule has 0 bridgehead atoms. The number of likely N-dealkylation sites (tertiary alicyclic amines) is 2. The van der Waals surface area contributed by atoms with Gasteiger partial charge in [-0.25, -0.2) is 0 Å². The third-order valence-electron chi connectivity index (χ3n) is 7.64. The molecule has 0 N–H and O–H groups in total. The summed E-state index contributed by atoms with van der Waals surface area (Å²) in [5, 5.41) is 1.60. The van der Waals surface area contributed by atoms with E-state index in [0.29, 0.717) is 58.6 Å². The molecule has 3 aliphatic rings. The molecule has 0 spiro atoms. The van der Waals surface area contributed by atoms with Gasteiger partial charge in [0.2, 0.25) is 17.3 Å². The standard InChI is InChI=1S/C25H30Cl4N3O2/c1-16(33)30-10-7-17(8-11-30)25(34)31-12-9-23(32(2)13-3-4-21(27)24(32)29)19(15-31)18-5-6-20(26)22(28)14-18/h3-6,13-14,17,19,23-24H,7-12,15H2,1-2H3/q+1/t19-,23+,24?,32?/m0/s1. The Balaban J connectivity index is 1.59. The van der Waals surface area contributed by atoms with Crippen LogP contribution in [-0.4, -0.2) is 70.9 Å². The highest BCUT2D eigenvalue weighted by molar-refractivity contribution is 6.42. The van der Waals surface area contributed by atoms with Crippen LogP contribution < -0.4 is 0 Å². The first kappa shape index (κ1) is 25.8. The van der Waals surface area contributed by atoms with Gasteiger partial charge in [0.25, 0.3) is 0 Å². The van der Waals surface area contributed by atoms with Gasteiger partial charge in [0.05, 0.1) is 34.2 Å². The van der Waals surface area contributed by atoms with Crippen LogP contribution in [0.2, 0.25) is 10.0 Å². The highest BCUT2D eigenvalue weighted by atomic mass is 35.5. The summed E-state index contributed by atoms with van der Waals surface area (Å²) >= 11 is 25.9. The van der Waals surface area contributed by atoms with Crippen LogP contribution in [0.1, 0.15) is 37.7 Å². The molecule has 2 unspecified atom stereocenters. The number of likely N-dealkylation sites (N-methyl/N-ethyl adjacent to an activating group) is 1. The second kappa shape index (κ2) is 10.4. The van der Waals surface area contributed by atoms with Crippen LogP contribution in [0, 0.1) is 5.92 Å². The molecule has 34 heavy (non-hydrogen) atoms. The summed E-state index contributed by atoms with van der Waals surface area (Å²) in [5.74, 6) is 0.188. The Bertz CT molecular complexity index is 1020. The van der Waals surface area contributed by atoms with Gasteiger partial charge in [0, 0.05) is 45.4 Å². The van der Waals surface area contributed by atoms with Crippen molar-refractivity contribution >= 4 is 58.2 Å². The molecule has 4 atom stereocenters. The molecule has 2 saturated heterocycles. The number of nitrogens with zero attached hydrogens (tertiary/aromatic N) is 3. The Kier molecular flexibility index (Phi) is 7.90. The maximum absolute atomic E-state index is 13.5. The summed E-state index contributed by atoms with van der Waals surface area (Å²) < 4.78 is 0.445. The molecule has 2 amide bonds. The summed E-state index contributed by atoms with van der Waals surface area (Å²) in [7, 11) is 2.09. The maximum atomic E-state index is 13.5. The van der Waals surface area contributed by atoms with Crippen molar-refractivity contribution in [3.63, 3.8) is 0 Å². The van der Waals surface area contributed by atoms with Crippen LogP contribution in [0.15, 0.2) is 41.6 Å². The Morgan fingerprint density at radius 1 is 1.00 bits per heavy atom. The average molecular weight is 546 g/mol. The van der Waals surface area contributed by atoms with Crippen molar-refractivity contribution < 1.29 is 14.1 Å². The van der Waals surface area contributed by atoms with Crippen LogP contribution in [0.25, 0.3) is 0 Å². The first-order valence-electron chi connectivity index (χ1n) is 11.7. The monoisotopic (exact) mass is 544 g/mol. The van der Waals surface area contributed by atoms with Crippen LogP contribution in [0.3, 0.4) is 0 Å². The van der Waals surface area contributed by atoms with Crippen molar-refractivity contribution in [2.75, 3.05) is 33.2 Å². The number of halogens is 4.